The molecule has 1 aliphatic heterocycles. The minimum atomic E-state index is 0.599. The van der Waals surface area contributed by atoms with Gasteiger partial charge in [-0.2, -0.15) is 0 Å². The normalized spacial score (nSPS) is 16.1. The summed E-state index contributed by atoms with van der Waals surface area (Å²) in [6, 6.07) is 2.73. The molecule has 0 fully saturated rings. The number of rotatable bonds is 1. The van der Waals surface area contributed by atoms with Gasteiger partial charge in [-0.25, -0.2) is 0 Å². The van der Waals surface area contributed by atoms with Crippen molar-refractivity contribution in [2.45, 2.75) is 32.7 Å². The number of aromatic nitrogens is 1. The lowest BCUT2D eigenvalue weighted by Crippen LogP contribution is -2.35. The van der Waals surface area contributed by atoms with E-state index in [-0.39, 0.29) is 0 Å². The third-order valence-corrected chi connectivity index (χ3v) is 2.66. The molecule has 0 atom stereocenters. The number of fused-ring (bicyclic) bond motifs is 1. The zero-order valence-corrected chi connectivity index (χ0v) is 8.33. The van der Waals surface area contributed by atoms with Crippen LogP contribution in [0.25, 0.3) is 0 Å². The van der Waals surface area contributed by atoms with Crippen LogP contribution >= 0.6 is 0 Å². The van der Waals surface area contributed by atoms with Gasteiger partial charge >= 0.3 is 0 Å². The van der Waals surface area contributed by atoms with E-state index in [1.807, 2.05) is 12.4 Å². The summed E-state index contributed by atoms with van der Waals surface area (Å²) in [5.41, 5.74) is 2.79. The standard InChI is InChI=1S/C11H16N2/c1-9(2)13-7-3-4-10-8-12-6-5-11(10)13/h5-6,8-9H,3-4,7H2,1-2H3. The van der Waals surface area contributed by atoms with Crippen LogP contribution in [0.5, 0.6) is 0 Å². The second-order valence-corrected chi connectivity index (χ2v) is 3.90. The Bertz CT molecular complexity index is 294. The summed E-state index contributed by atoms with van der Waals surface area (Å²) >= 11 is 0. The highest BCUT2D eigenvalue weighted by atomic mass is 15.2. The molecule has 1 aliphatic rings. The summed E-state index contributed by atoms with van der Waals surface area (Å²) in [5.74, 6) is 0. The van der Waals surface area contributed by atoms with Crippen LogP contribution in [-0.4, -0.2) is 17.6 Å². The number of anilines is 1. The Labute approximate surface area is 79.6 Å². The van der Waals surface area contributed by atoms with Crippen molar-refractivity contribution >= 4 is 5.69 Å². The van der Waals surface area contributed by atoms with E-state index in [1.54, 1.807) is 0 Å². The largest absolute Gasteiger partial charge is 0.369 e. The molecule has 2 nitrogen and oxygen atoms in total. The first-order valence-electron chi connectivity index (χ1n) is 4.98. The number of aryl methyl sites for hydroxylation is 1. The van der Waals surface area contributed by atoms with E-state index in [2.05, 4.69) is 29.8 Å². The lowest BCUT2D eigenvalue weighted by Gasteiger charge is -2.34. The molecule has 0 aliphatic carbocycles. The van der Waals surface area contributed by atoms with Crippen LogP contribution in [0, 0.1) is 0 Å². The lowest BCUT2D eigenvalue weighted by atomic mass is 10.0. The van der Waals surface area contributed by atoms with E-state index in [0.717, 1.165) is 0 Å². The van der Waals surface area contributed by atoms with Crippen molar-refractivity contribution in [1.82, 2.24) is 4.98 Å². The van der Waals surface area contributed by atoms with Gasteiger partial charge in [0.1, 0.15) is 0 Å². The Hall–Kier alpha value is -1.05. The number of pyridine rings is 1. The van der Waals surface area contributed by atoms with Crippen LogP contribution in [0.1, 0.15) is 25.8 Å². The monoisotopic (exact) mass is 176 g/mol. The minimum absolute atomic E-state index is 0.599. The van der Waals surface area contributed by atoms with Crippen LogP contribution in [0.3, 0.4) is 0 Å². The molecule has 2 rings (SSSR count). The van der Waals surface area contributed by atoms with Gasteiger partial charge in [0.2, 0.25) is 0 Å². The summed E-state index contributed by atoms with van der Waals surface area (Å²) in [4.78, 5) is 6.62. The van der Waals surface area contributed by atoms with Crippen molar-refractivity contribution in [2.24, 2.45) is 0 Å². The molecule has 0 aromatic carbocycles. The topological polar surface area (TPSA) is 16.1 Å². The second kappa shape index (κ2) is 3.36. The Balaban J connectivity index is 2.37. The molecule has 70 valence electrons. The molecule has 0 saturated heterocycles. The Morgan fingerprint density at radius 1 is 1.46 bits per heavy atom. The summed E-state index contributed by atoms with van der Waals surface area (Å²) in [6.07, 6.45) is 6.34. The molecule has 1 aromatic rings. The van der Waals surface area contributed by atoms with Crippen molar-refractivity contribution in [2.75, 3.05) is 11.4 Å². The molecule has 0 saturated carbocycles. The van der Waals surface area contributed by atoms with Crippen LogP contribution < -0.4 is 4.90 Å². The maximum absolute atomic E-state index is 4.17. The van der Waals surface area contributed by atoms with Crippen molar-refractivity contribution in [1.29, 1.82) is 0 Å². The molecule has 2 heterocycles. The zero-order chi connectivity index (χ0) is 9.26. The first-order valence-corrected chi connectivity index (χ1v) is 4.98. The fraction of sp³-hybridized carbons (Fsp3) is 0.545. The summed E-state index contributed by atoms with van der Waals surface area (Å²) in [6.45, 7) is 5.68. The Kier molecular flexibility index (Phi) is 2.21. The van der Waals surface area contributed by atoms with E-state index in [4.69, 9.17) is 0 Å². The van der Waals surface area contributed by atoms with E-state index < -0.39 is 0 Å². The third kappa shape index (κ3) is 1.53. The van der Waals surface area contributed by atoms with Crippen LogP contribution in [-0.2, 0) is 6.42 Å². The van der Waals surface area contributed by atoms with Gasteiger partial charge in [-0.3, -0.25) is 4.98 Å². The molecule has 0 amide bonds. The summed E-state index contributed by atoms with van der Waals surface area (Å²) in [7, 11) is 0. The van der Waals surface area contributed by atoms with Crippen LogP contribution in [0.4, 0.5) is 5.69 Å². The number of hydrogen-bond donors (Lipinski definition) is 0. The van der Waals surface area contributed by atoms with Gasteiger partial charge < -0.3 is 4.90 Å². The highest BCUT2D eigenvalue weighted by molar-refractivity contribution is 5.54. The van der Waals surface area contributed by atoms with Crippen molar-refractivity contribution in [3.63, 3.8) is 0 Å². The third-order valence-electron chi connectivity index (χ3n) is 2.66. The van der Waals surface area contributed by atoms with Gasteiger partial charge in [-0.1, -0.05) is 0 Å². The van der Waals surface area contributed by atoms with E-state index >= 15 is 0 Å². The zero-order valence-electron chi connectivity index (χ0n) is 8.33. The van der Waals surface area contributed by atoms with Gasteiger partial charge in [0.25, 0.3) is 0 Å². The quantitative estimate of drug-likeness (QED) is 0.652. The molecule has 0 radical (unpaired) electrons. The maximum atomic E-state index is 4.17. The average Bonchev–Trinajstić information content (AvgIpc) is 2.17. The first kappa shape index (κ1) is 8.54. The maximum Gasteiger partial charge on any atom is 0.0432 e. The van der Waals surface area contributed by atoms with Gasteiger partial charge in [-0.15, -0.1) is 0 Å². The van der Waals surface area contributed by atoms with E-state index in [0.29, 0.717) is 6.04 Å². The molecule has 0 unspecified atom stereocenters. The molecular formula is C11H16N2. The SMILES string of the molecule is CC(C)N1CCCc2cnccc21. The lowest BCUT2D eigenvalue weighted by molar-refractivity contribution is 0.624. The van der Waals surface area contributed by atoms with Gasteiger partial charge in [0.15, 0.2) is 0 Å². The van der Waals surface area contributed by atoms with Gasteiger partial charge in [0.05, 0.1) is 0 Å². The molecule has 0 bridgehead atoms. The average molecular weight is 176 g/mol. The Morgan fingerprint density at radius 3 is 3.08 bits per heavy atom. The minimum Gasteiger partial charge on any atom is -0.369 e. The molecule has 0 spiro atoms. The van der Waals surface area contributed by atoms with Crippen molar-refractivity contribution < 1.29 is 0 Å². The predicted octanol–water partition coefficient (Wildman–Crippen LogP) is 2.24. The molecular weight excluding hydrogens is 160 g/mol. The van der Waals surface area contributed by atoms with Crippen LogP contribution in [0.2, 0.25) is 0 Å². The molecule has 0 N–H and O–H groups in total. The highest BCUT2D eigenvalue weighted by Crippen LogP contribution is 2.27. The van der Waals surface area contributed by atoms with Crippen molar-refractivity contribution in [3.05, 3.63) is 24.0 Å². The van der Waals surface area contributed by atoms with Gasteiger partial charge in [-0.05, 0) is 38.3 Å². The fourth-order valence-electron chi connectivity index (χ4n) is 1.99. The second-order valence-electron chi connectivity index (χ2n) is 3.90. The number of nitrogens with zero attached hydrogens (tertiary/aromatic N) is 2. The van der Waals surface area contributed by atoms with Crippen LogP contribution in [0.15, 0.2) is 18.5 Å². The van der Waals surface area contributed by atoms with E-state index in [9.17, 15) is 0 Å². The first-order chi connectivity index (χ1) is 6.29. The molecule has 1 aromatic heterocycles. The predicted molar refractivity (Wildman–Crippen MR) is 55.0 cm³/mol. The summed E-state index contributed by atoms with van der Waals surface area (Å²) in [5, 5.41) is 0. The smallest absolute Gasteiger partial charge is 0.0432 e. The molecule has 2 heteroatoms. The Morgan fingerprint density at radius 2 is 2.31 bits per heavy atom. The highest BCUT2D eigenvalue weighted by Gasteiger charge is 2.18. The van der Waals surface area contributed by atoms with Crippen molar-refractivity contribution in [3.8, 4) is 0 Å². The van der Waals surface area contributed by atoms with E-state index in [1.165, 1.54) is 30.6 Å². The van der Waals surface area contributed by atoms with Gasteiger partial charge in [0, 0.05) is 30.7 Å². The molecule has 13 heavy (non-hydrogen) atoms. The summed E-state index contributed by atoms with van der Waals surface area (Å²) < 4.78 is 0. The number of hydrogen-bond acceptors (Lipinski definition) is 2. The fourth-order valence-corrected chi connectivity index (χ4v) is 1.99.